The predicted octanol–water partition coefficient (Wildman–Crippen LogP) is 1.70. The average Bonchev–Trinajstić information content (AvgIpc) is 3.05. The van der Waals surface area contributed by atoms with E-state index in [4.69, 9.17) is 5.11 Å². The first-order valence-electron chi connectivity index (χ1n) is 7.47. The van der Waals surface area contributed by atoms with Crippen LogP contribution in [0.5, 0.6) is 0 Å². The van der Waals surface area contributed by atoms with E-state index in [0.717, 1.165) is 18.5 Å². The van der Waals surface area contributed by atoms with Gasteiger partial charge in [-0.15, -0.1) is 0 Å². The Kier molecular flexibility index (Phi) is 6.44. The molecule has 6 heteroatoms. The molecule has 0 bridgehead atoms. The van der Waals surface area contributed by atoms with Crippen molar-refractivity contribution in [1.29, 1.82) is 0 Å². The molecule has 3 N–H and O–H groups in total. The van der Waals surface area contributed by atoms with Crippen LogP contribution in [0, 0.1) is 0 Å². The molecule has 1 heterocycles. The van der Waals surface area contributed by atoms with E-state index < -0.39 is 0 Å². The van der Waals surface area contributed by atoms with Gasteiger partial charge in [0.15, 0.2) is 0 Å². The van der Waals surface area contributed by atoms with E-state index in [0.29, 0.717) is 13.0 Å². The average molecular weight is 302 g/mol. The van der Waals surface area contributed by atoms with Crippen molar-refractivity contribution in [2.45, 2.75) is 25.4 Å². The molecule has 1 atom stereocenters. The van der Waals surface area contributed by atoms with Crippen LogP contribution in [-0.4, -0.2) is 34.1 Å². The molecule has 2 aromatic rings. The molecule has 118 valence electrons. The van der Waals surface area contributed by atoms with Crippen molar-refractivity contribution in [3.05, 3.63) is 54.4 Å². The molecule has 22 heavy (non-hydrogen) atoms. The Morgan fingerprint density at radius 2 is 2.09 bits per heavy atom. The summed E-state index contributed by atoms with van der Waals surface area (Å²) in [5.74, 6) is 0. The van der Waals surface area contributed by atoms with E-state index in [-0.39, 0.29) is 18.7 Å². The number of hydrogen-bond donors (Lipinski definition) is 3. The standard InChI is InChI=1S/C16H22N4O2/c21-13-8-15(14-6-2-1-3-7-14)19-16(22)17-9-4-11-20-12-5-10-18-20/h1-3,5-7,10,12,15,21H,4,8-9,11,13H2,(H2,17,19,22)/t15-/m1/s1. The minimum atomic E-state index is -0.220. The minimum absolute atomic E-state index is 0.0269. The number of urea groups is 1. The number of amides is 2. The summed E-state index contributed by atoms with van der Waals surface area (Å²) in [4.78, 5) is 11.9. The third-order valence-electron chi connectivity index (χ3n) is 3.33. The van der Waals surface area contributed by atoms with Crippen molar-refractivity contribution in [3.8, 4) is 0 Å². The lowest BCUT2D eigenvalue weighted by Crippen LogP contribution is -2.39. The van der Waals surface area contributed by atoms with Crippen LogP contribution in [0.3, 0.4) is 0 Å². The second kappa shape index (κ2) is 8.84. The van der Waals surface area contributed by atoms with Gasteiger partial charge in [0.05, 0.1) is 6.04 Å². The zero-order valence-electron chi connectivity index (χ0n) is 12.5. The number of hydrogen-bond acceptors (Lipinski definition) is 3. The van der Waals surface area contributed by atoms with E-state index in [1.807, 2.05) is 47.3 Å². The van der Waals surface area contributed by atoms with Crippen molar-refractivity contribution in [1.82, 2.24) is 20.4 Å². The van der Waals surface area contributed by atoms with E-state index in [2.05, 4.69) is 15.7 Å². The Balaban J connectivity index is 1.74. The summed E-state index contributed by atoms with van der Waals surface area (Å²) in [5, 5.41) is 19.0. The van der Waals surface area contributed by atoms with Crippen LogP contribution in [0.15, 0.2) is 48.8 Å². The second-order valence-electron chi connectivity index (χ2n) is 5.00. The lowest BCUT2D eigenvalue weighted by Gasteiger charge is -2.18. The maximum Gasteiger partial charge on any atom is 0.315 e. The second-order valence-corrected chi connectivity index (χ2v) is 5.00. The summed E-state index contributed by atoms with van der Waals surface area (Å²) in [7, 11) is 0. The summed E-state index contributed by atoms with van der Waals surface area (Å²) in [6.07, 6.45) is 4.93. The zero-order valence-corrected chi connectivity index (χ0v) is 12.5. The Morgan fingerprint density at radius 3 is 2.77 bits per heavy atom. The number of aliphatic hydroxyl groups excluding tert-OH is 1. The van der Waals surface area contributed by atoms with Crippen LogP contribution in [0.25, 0.3) is 0 Å². The molecule has 6 nitrogen and oxygen atoms in total. The first kappa shape index (κ1) is 16.0. The van der Waals surface area contributed by atoms with Crippen molar-refractivity contribution in [3.63, 3.8) is 0 Å². The quantitative estimate of drug-likeness (QED) is 0.649. The molecule has 0 spiro atoms. The van der Waals surface area contributed by atoms with Crippen LogP contribution in [-0.2, 0) is 6.54 Å². The van der Waals surface area contributed by atoms with Gasteiger partial charge in [-0.3, -0.25) is 4.68 Å². The molecule has 0 saturated carbocycles. The van der Waals surface area contributed by atoms with E-state index in [1.54, 1.807) is 6.20 Å². The van der Waals surface area contributed by atoms with Crippen LogP contribution in [0.4, 0.5) is 4.79 Å². The highest BCUT2D eigenvalue weighted by Gasteiger charge is 2.13. The smallest absolute Gasteiger partial charge is 0.315 e. The van der Waals surface area contributed by atoms with Crippen LogP contribution in [0.1, 0.15) is 24.4 Å². The third kappa shape index (κ3) is 5.21. The SMILES string of the molecule is O=C(NCCCn1cccn1)N[C@H](CCO)c1ccccc1. The zero-order chi connectivity index (χ0) is 15.6. The molecule has 2 rings (SSSR count). The normalized spacial score (nSPS) is 11.9. The summed E-state index contributed by atoms with van der Waals surface area (Å²) < 4.78 is 1.83. The predicted molar refractivity (Wildman–Crippen MR) is 84.3 cm³/mol. The van der Waals surface area contributed by atoms with Crippen molar-refractivity contribution in [2.24, 2.45) is 0 Å². The van der Waals surface area contributed by atoms with E-state index in [1.165, 1.54) is 0 Å². The van der Waals surface area contributed by atoms with E-state index >= 15 is 0 Å². The summed E-state index contributed by atoms with van der Waals surface area (Å²) in [5.41, 5.74) is 0.989. The molecular weight excluding hydrogens is 280 g/mol. The van der Waals surface area contributed by atoms with Gasteiger partial charge in [0.25, 0.3) is 0 Å². The molecule has 0 aliphatic carbocycles. The largest absolute Gasteiger partial charge is 0.396 e. The van der Waals surface area contributed by atoms with Crippen LogP contribution in [0.2, 0.25) is 0 Å². The fraction of sp³-hybridized carbons (Fsp3) is 0.375. The molecule has 0 unspecified atom stereocenters. The summed E-state index contributed by atoms with van der Waals surface area (Å²) in [6, 6.07) is 11.1. The summed E-state index contributed by atoms with van der Waals surface area (Å²) in [6.45, 7) is 1.37. The Bertz CT molecular complexity index is 543. The number of rotatable bonds is 8. The number of aliphatic hydroxyl groups is 1. The highest BCUT2D eigenvalue weighted by atomic mass is 16.3. The topological polar surface area (TPSA) is 79.2 Å². The molecule has 1 aromatic heterocycles. The number of aromatic nitrogens is 2. The number of benzene rings is 1. The third-order valence-corrected chi connectivity index (χ3v) is 3.33. The van der Waals surface area contributed by atoms with Crippen LogP contribution < -0.4 is 10.6 Å². The Morgan fingerprint density at radius 1 is 1.27 bits per heavy atom. The van der Waals surface area contributed by atoms with Gasteiger partial charge in [-0.2, -0.15) is 5.10 Å². The van der Waals surface area contributed by atoms with E-state index in [9.17, 15) is 4.79 Å². The summed E-state index contributed by atoms with van der Waals surface area (Å²) >= 11 is 0. The maximum atomic E-state index is 11.9. The fourth-order valence-corrected chi connectivity index (χ4v) is 2.22. The minimum Gasteiger partial charge on any atom is -0.396 e. The number of carbonyl (C=O) groups is 1. The molecular formula is C16H22N4O2. The van der Waals surface area contributed by atoms with Gasteiger partial charge in [-0.1, -0.05) is 30.3 Å². The number of nitrogens with one attached hydrogen (secondary N) is 2. The monoisotopic (exact) mass is 302 g/mol. The first-order valence-corrected chi connectivity index (χ1v) is 7.47. The molecule has 0 aliphatic rings. The van der Waals surface area contributed by atoms with Gasteiger partial charge in [-0.05, 0) is 24.5 Å². The van der Waals surface area contributed by atoms with Gasteiger partial charge in [0.1, 0.15) is 0 Å². The van der Waals surface area contributed by atoms with Crippen molar-refractivity contribution >= 4 is 6.03 Å². The lowest BCUT2D eigenvalue weighted by molar-refractivity contribution is 0.229. The Hall–Kier alpha value is -2.34. The maximum absolute atomic E-state index is 11.9. The molecule has 0 aliphatic heterocycles. The molecule has 1 aromatic carbocycles. The highest BCUT2D eigenvalue weighted by molar-refractivity contribution is 5.74. The van der Waals surface area contributed by atoms with Gasteiger partial charge in [0.2, 0.25) is 0 Å². The molecule has 0 saturated heterocycles. The van der Waals surface area contributed by atoms with Gasteiger partial charge in [0, 0.05) is 32.1 Å². The fourth-order valence-electron chi connectivity index (χ4n) is 2.22. The number of aryl methyl sites for hydroxylation is 1. The molecule has 0 radical (unpaired) electrons. The van der Waals surface area contributed by atoms with Crippen LogP contribution >= 0.6 is 0 Å². The lowest BCUT2D eigenvalue weighted by atomic mass is 10.0. The molecule has 0 fully saturated rings. The van der Waals surface area contributed by atoms with Gasteiger partial charge < -0.3 is 15.7 Å². The number of carbonyl (C=O) groups excluding carboxylic acids is 1. The van der Waals surface area contributed by atoms with Crippen molar-refractivity contribution < 1.29 is 9.90 Å². The number of nitrogens with zero attached hydrogens (tertiary/aromatic N) is 2. The molecule has 2 amide bonds. The van der Waals surface area contributed by atoms with Gasteiger partial charge in [-0.25, -0.2) is 4.79 Å². The van der Waals surface area contributed by atoms with Crippen molar-refractivity contribution in [2.75, 3.05) is 13.2 Å². The highest BCUT2D eigenvalue weighted by Crippen LogP contribution is 2.15. The Labute approximate surface area is 130 Å². The van der Waals surface area contributed by atoms with Gasteiger partial charge >= 0.3 is 6.03 Å². The first-order chi connectivity index (χ1) is 10.8.